The van der Waals surface area contributed by atoms with Crippen LogP contribution in [0.1, 0.15) is 37.5 Å². The Morgan fingerprint density at radius 3 is 1.14 bits per heavy atom. The van der Waals surface area contributed by atoms with E-state index in [1.165, 1.54) is 0 Å². The first-order valence-electron chi connectivity index (χ1n) is 12.3. The number of esters is 3. The second kappa shape index (κ2) is 11.8. The summed E-state index contributed by atoms with van der Waals surface area (Å²) in [7, 11) is 0. The molecule has 1 aliphatic rings. The molecule has 1 saturated carbocycles. The number of aliphatic hydroxyl groups is 2. The van der Waals surface area contributed by atoms with Crippen molar-refractivity contribution < 1.29 is 84.8 Å². The van der Waals surface area contributed by atoms with E-state index in [1.807, 2.05) is 0 Å². The van der Waals surface area contributed by atoms with Gasteiger partial charge in [0.15, 0.2) is 64.0 Å². The summed E-state index contributed by atoms with van der Waals surface area (Å²) in [5, 5.41) is 109. The first-order valence-corrected chi connectivity index (χ1v) is 12.3. The van der Waals surface area contributed by atoms with Crippen molar-refractivity contribution >= 4 is 17.9 Å². The molecule has 0 aromatic heterocycles. The molecular formula is C27H24O17. The van der Waals surface area contributed by atoms with E-state index in [0.717, 1.165) is 0 Å². The smallest absolute Gasteiger partial charge is 0.338 e. The van der Waals surface area contributed by atoms with Gasteiger partial charge in [-0.05, 0) is 36.4 Å². The van der Waals surface area contributed by atoms with Crippen molar-refractivity contribution in [2.24, 2.45) is 0 Å². The lowest BCUT2D eigenvalue weighted by Gasteiger charge is -2.41. The fraction of sp³-hybridized carbons (Fsp3) is 0.222. The van der Waals surface area contributed by atoms with Crippen LogP contribution in [-0.2, 0) is 14.2 Å². The molecule has 0 bridgehead atoms. The first-order chi connectivity index (χ1) is 20.6. The molecule has 3 aromatic rings. The molecule has 17 heteroatoms. The molecule has 11 N–H and O–H groups in total. The SMILES string of the molecule is O=C(O[C@@H]1[C@@H](O)[C@H](OC(=O)c2cc(O)c(O)c(O)c2)[C@@H](OC(=O)c2cc(O)c(O)c(O)c2)C[C@@H]1O)c1cc(O)c(O)c(O)c1. The van der Waals surface area contributed by atoms with Gasteiger partial charge in [-0.1, -0.05) is 0 Å². The van der Waals surface area contributed by atoms with Gasteiger partial charge in [0.2, 0.25) is 0 Å². The number of rotatable bonds is 6. The minimum absolute atomic E-state index is 0.527. The molecule has 0 amide bonds. The first kappa shape index (κ1) is 31.1. The van der Waals surface area contributed by atoms with Crippen LogP contribution in [0.25, 0.3) is 0 Å². The maximum atomic E-state index is 12.9. The molecule has 44 heavy (non-hydrogen) atoms. The number of phenols is 9. The molecule has 0 aliphatic heterocycles. The van der Waals surface area contributed by atoms with E-state index < -0.39 is 123 Å². The van der Waals surface area contributed by atoms with Crippen LogP contribution in [0.2, 0.25) is 0 Å². The fourth-order valence-corrected chi connectivity index (χ4v) is 4.30. The van der Waals surface area contributed by atoms with Crippen LogP contribution in [0.4, 0.5) is 0 Å². The Morgan fingerprint density at radius 1 is 0.500 bits per heavy atom. The Labute approximate surface area is 244 Å². The molecule has 4 rings (SSSR count). The van der Waals surface area contributed by atoms with Crippen molar-refractivity contribution in [3.05, 3.63) is 53.1 Å². The fourth-order valence-electron chi connectivity index (χ4n) is 4.30. The zero-order valence-corrected chi connectivity index (χ0v) is 21.9. The van der Waals surface area contributed by atoms with Crippen molar-refractivity contribution in [2.45, 2.75) is 36.9 Å². The van der Waals surface area contributed by atoms with Crippen LogP contribution in [0.15, 0.2) is 36.4 Å². The molecule has 0 saturated heterocycles. The predicted molar refractivity (Wildman–Crippen MR) is 139 cm³/mol. The number of hydrogen-bond acceptors (Lipinski definition) is 17. The van der Waals surface area contributed by atoms with Gasteiger partial charge >= 0.3 is 17.9 Å². The van der Waals surface area contributed by atoms with Gasteiger partial charge < -0.3 is 70.4 Å². The summed E-state index contributed by atoms with van der Waals surface area (Å²) in [6, 6.07) is 4.20. The highest BCUT2D eigenvalue weighted by molar-refractivity contribution is 5.93. The molecule has 0 heterocycles. The van der Waals surface area contributed by atoms with E-state index in [-0.39, 0.29) is 0 Å². The van der Waals surface area contributed by atoms with E-state index in [4.69, 9.17) is 14.2 Å². The van der Waals surface area contributed by atoms with Gasteiger partial charge in [0, 0.05) is 6.42 Å². The highest BCUT2D eigenvalue weighted by Gasteiger charge is 2.50. The maximum absolute atomic E-state index is 12.9. The van der Waals surface area contributed by atoms with Crippen LogP contribution < -0.4 is 0 Å². The monoisotopic (exact) mass is 620 g/mol. The van der Waals surface area contributed by atoms with Crippen LogP contribution in [0.3, 0.4) is 0 Å². The number of ether oxygens (including phenoxy) is 3. The minimum Gasteiger partial charge on any atom is -0.504 e. The molecule has 0 unspecified atom stereocenters. The lowest BCUT2D eigenvalue weighted by molar-refractivity contribution is -0.180. The number of benzene rings is 3. The molecular weight excluding hydrogens is 596 g/mol. The van der Waals surface area contributed by atoms with Crippen molar-refractivity contribution in [1.29, 1.82) is 0 Å². The third-order valence-corrected chi connectivity index (χ3v) is 6.55. The Morgan fingerprint density at radius 2 is 0.795 bits per heavy atom. The average molecular weight is 620 g/mol. The van der Waals surface area contributed by atoms with Crippen LogP contribution in [0, 0.1) is 0 Å². The largest absolute Gasteiger partial charge is 0.504 e. The van der Waals surface area contributed by atoms with Crippen LogP contribution >= 0.6 is 0 Å². The van der Waals surface area contributed by atoms with Crippen LogP contribution in [-0.4, -0.2) is 105 Å². The summed E-state index contributed by atoms with van der Waals surface area (Å²) in [4.78, 5) is 38.5. The number of phenolic OH excluding ortho intramolecular Hbond substituents is 9. The normalized spacial score (nSPS) is 21.3. The van der Waals surface area contributed by atoms with E-state index in [9.17, 15) is 70.6 Å². The number of hydrogen-bond donors (Lipinski definition) is 11. The zero-order valence-electron chi connectivity index (χ0n) is 21.9. The molecule has 5 atom stereocenters. The second-order valence-electron chi connectivity index (χ2n) is 9.57. The quantitative estimate of drug-likeness (QED) is 0.0991. The van der Waals surface area contributed by atoms with E-state index in [1.54, 1.807) is 0 Å². The van der Waals surface area contributed by atoms with E-state index in [0.29, 0.717) is 36.4 Å². The lowest BCUT2D eigenvalue weighted by Crippen LogP contribution is -2.59. The van der Waals surface area contributed by atoms with Crippen molar-refractivity contribution in [3.63, 3.8) is 0 Å². The van der Waals surface area contributed by atoms with Gasteiger partial charge in [-0.15, -0.1) is 0 Å². The summed E-state index contributed by atoms with van der Waals surface area (Å²) in [5.74, 6) is -12.4. The molecule has 0 spiro atoms. The van der Waals surface area contributed by atoms with Gasteiger partial charge in [0.25, 0.3) is 0 Å². The van der Waals surface area contributed by atoms with E-state index >= 15 is 0 Å². The highest BCUT2D eigenvalue weighted by atomic mass is 16.6. The maximum Gasteiger partial charge on any atom is 0.338 e. The molecule has 17 nitrogen and oxygen atoms in total. The van der Waals surface area contributed by atoms with Gasteiger partial charge in [-0.3, -0.25) is 0 Å². The molecule has 1 fully saturated rings. The Hall–Kier alpha value is -5.81. The van der Waals surface area contributed by atoms with Crippen LogP contribution in [0.5, 0.6) is 51.7 Å². The summed E-state index contributed by atoms with van der Waals surface area (Å²) in [6.07, 6.45) is -10.3. The molecule has 3 aromatic carbocycles. The summed E-state index contributed by atoms with van der Waals surface area (Å²) in [5.41, 5.74) is -1.64. The summed E-state index contributed by atoms with van der Waals surface area (Å²) in [6.45, 7) is 0. The average Bonchev–Trinajstić information content (AvgIpc) is 2.96. The van der Waals surface area contributed by atoms with E-state index in [2.05, 4.69) is 0 Å². The third-order valence-electron chi connectivity index (χ3n) is 6.55. The third kappa shape index (κ3) is 6.03. The summed E-state index contributed by atoms with van der Waals surface area (Å²) >= 11 is 0. The Balaban J connectivity index is 1.64. The van der Waals surface area contributed by atoms with Gasteiger partial charge in [-0.2, -0.15) is 0 Å². The Bertz CT molecular complexity index is 1560. The molecule has 234 valence electrons. The second-order valence-corrected chi connectivity index (χ2v) is 9.57. The van der Waals surface area contributed by atoms with Crippen molar-refractivity contribution in [1.82, 2.24) is 0 Å². The topological polar surface area (TPSA) is 301 Å². The van der Waals surface area contributed by atoms with Crippen molar-refractivity contribution in [3.8, 4) is 51.7 Å². The zero-order chi connectivity index (χ0) is 32.6. The standard InChI is InChI=1S/C27H24O17/c28-11-1-8(2-12(29)19(11)35)25(39)42-18-7-17(34)23(43-26(40)9-3-13(30)20(36)14(31)4-9)22(38)24(18)44-27(41)10-5-15(32)21(37)16(33)6-10/h1-6,17-18,22-24,28-38H,7H2/t17-,18-,22+,23-,24+/m0/s1. The van der Waals surface area contributed by atoms with Gasteiger partial charge in [0.05, 0.1) is 22.8 Å². The van der Waals surface area contributed by atoms with Gasteiger partial charge in [0.1, 0.15) is 12.2 Å². The summed E-state index contributed by atoms with van der Waals surface area (Å²) < 4.78 is 15.6. The minimum atomic E-state index is -2.18. The molecule has 1 aliphatic carbocycles. The number of carbonyl (C=O) groups excluding carboxylic acids is 3. The predicted octanol–water partition coefficient (Wildman–Crippen LogP) is 0.139. The number of carbonyl (C=O) groups is 3. The number of aromatic hydroxyl groups is 9. The lowest BCUT2D eigenvalue weighted by atomic mass is 9.86. The highest BCUT2D eigenvalue weighted by Crippen LogP contribution is 2.39. The molecule has 0 radical (unpaired) electrons. The van der Waals surface area contributed by atoms with Gasteiger partial charge in [-0.25, -0.2) is 14.4 Å². The number of aliphatic hydroxyl groups excluding tert-OH is 2. The Kier molecular flexibility index (Phi) is 8.36. The van der Waals surface area contributed by atoms with Crippen molar-refractivity contribution in [2.75, 3.05) is 0 Å².